The molecule has 1 N–H and O–H groups in total. The van der Waals surface area contributed by atoms with Crippen molar-refractivity contribution in [3.05, 3.63) is 24.3 Å². The lowest BCUT2D eigenvalue weighted by Gasteiger charge is -2.18. The summed E-state index contributed by atoms with van der Waals surface area (Å²) in [5, 5.41) is 0. The van der Waals surface area contributed by atoms with Gasteiger partial charge in [0.1, 0.15) is 10.6 Å². The highest BCUT2D eigenvalue weighted by molar-refractivity contribution is 7.89. The molecule has 0 amide bonds. The number of nitrogens with one attached hydrogen (secondary N) is 1. The van der Waals surface area contributed by atoms with Crippen LogP contribution in [-0.4, -0.2) is 39.8 Å². The molecule has 0 spiro atoms. The van der Waals surface area contributed by atoms with E-state index in [9.17, 15) is 21.6 Å². The van der Waals surface area contributed by atoms with Gasteiger partial charge in [0, 0.05) is 6.54 Å². The summed E-state index contributed by atoms with van der Waals surface area (Å²) in [5.41, 5.74) is 0. The zero-order valence-corrected chi connectivity index (χ0v) is 13.2. The van der Waals surface area contributed by atoms with Crippen LogP contribution < -0.4 is 9.46 Å². The fourth-order valence-corrected chi connectivity index (χ4v) is 3.22. The number of hydrogen-bond donors (Lipinski definition) is 1. The predicted molar refractivity (Wildman–Crippen MR) is 73.2 cm³/mol. The summed E-state index contributed by atoms with van der Waals surface area (Å²) in [6, 6.07) is 4.51. The number of benzene rings is 1. The molecule has 6 nitrogen and oxygen atoms in total. The number of ether oxygens (including phenoxy) is 3. The summed E-state index contributed by atoms with van der Waals surface area (Å²) in [5.74, 6) is -1.62. The largest absolute Gasteiger partial charge is 0.573 e. The van der Waals surface area contributed by atoms with Gasteiger partial charge in [-0.3, -0.25) is 0 Å². The van der Waals surface area contributed by atoms with Crippen molar-refractivity contribution in [1.29, 1.82) is 0 Å². The Morgan fingerprint density at radius 3 is 2.57 bits per heavy atom. The number of para-hydroxylation sites is 1. The average Bonchev–Trinajstić information content (AvgIpc) is 2.75. The Morgan fingerprint density at radius 2 is 2.00 bits per heavy atom. The second-order valence-corrected chi connectivity index (χ2v) is 7.03. The van der Waals surface area contributed by atoms with Gasteiger partial charge in [-0.1, -0.05) is 12.1 Å². The van der Waals surface area contributed by atoms with Gasteiger partial charge in [0.05, 0.1) is 12.7 Å². The fourth-order valence-electron chi connectivity index (χ4n) is 2.03. The first-order valence-corrected chi connectivity index (χ1v) is 8.13. The monoisotopic (exact) mass is 355 g/mol. The molecule has 1 saturated heterocycles. The molecule has 0 aromatic heterocycles. The van der Waals surface area contributed by atoms with Gasteiger partial charge in [-0.25, -0.2) is 13.1 Å². The van der Waals surface area contributed by atoms with E-state index in [1.807, 2.05) is 0 Å². The topological polar surface area (TPSA) is 73.9 Å². The highest BCUT2D eigenvalue weighted by Gasteiger charge is 2.35. The molecule has 130 valence electrons. The number of sulfonamides is 1. The molecule has 10 heteroatoms. The minimum absolute atomic E-state index is 0.133. The molecule has 1 aliphatic heterocycles. The number of hydrogen-bond acceptors (Lipinski definition) is 5. The van der Waals surface area contributed by atoms with Gasteiger partial charge >= 0.3 is 6.36 Å². The van der Waals surface area contributed by atoms with Crippen LogP contribution in [0.15, 0.2) is 29.2 Å². The quantitative estimate of drug-likeness (QED) is 0.875. The van der Waals surface area contributed by atoms with E-state index in [-0.39, 0.29) is 13.2 Å². The van der Waals surface area contributed by atoms with Crippen molar-refractivity contribution in [3.63, 3.8) is 0 Å². The van der Waals surface area contributed by atoms with Crippen molar-refractivity contribution in [2.24, 2.45) is 0 Å². The average molecular weight is 355 g/mol. The van der Waals surface area contributed by atoms with Gasteiger partial charge in [0.15, 0.2) is 5.79 Å². The van der Waals surface area contributed by atoms with E-state index in [1.165, 1.54) is 12.1 Å². The predicted octanol–water partition coefficient (Wildman–Crippen LogP) is 2.01. The first-order chi connectivity index (χ1) is 10.5. The molecule has 1 unspecified atom stereocenters. The third-order valence-corrected chi connectivity index (χ3v) is 4.40. The first-order valence-electron chi connectivity index (χ1n) is 6.65. The van der Waals surface area contributed by atoms with Crippen LogP contribution in [0.25, 0.3) is 0 Å². The Balaban J connectivity index is 2.11. The first kappa shape index (κ1) is 18.0. The van der Waals surface area contributed by atoms with E-state index >= 15 is 0 Å². The Morgan fingerprint density at radius 1 is 1.35 bits per heavy atom. The van der Waals surface area contributed by atoms with Crippen molar-refractivity contribution in [2.75, 3.05) is 13.2 Å². The van der Waals surface area contributed by atoms with Crippen LogP contribution in [-0.2, 0) is 19.5 Å². The van der Waals surface area contributed by atoms with Crippen molar-refractivity contribution in [2.45, 2.75) is 37.0 Å². The Hall–Kier alpha value is -1.36. The molecule has 1 fully saturated rings. The number of halogens is 3. The Labute approximate surface area is 131 Å². The highest BCUT2D eigenvalue weighted by Crippen LogP contribution is 2.29. The Bertz CT molecular complexity index is 660. The summed E-state index contributed by atoms with van der Waals surface area (Å²) in [6.07, 6.45) is -5.52. The summed E-state index contributed by atoms with van der Waals surface area (Å²) in [7, 11) is -4.20. The molecular weight excluding hydrogens is 339 g/mol. The summed E-state index contributed by atoms with van der Waals surface area (Å²) >= 11 is 0. The van der Waals surface area contributed by atoms with Crippen molar-refractivity contribution in [3.8, 4) is 5.75 Å². The van der Waals surface area contributed by atoms with Crippen LogP contribution in [0.1, 0.15) is 13.8 Å². The van der Waals surface area contributed by atoms with Crippen molar-refractivity contribution in [1.82, 2.24) is 4.72 Å². The minimum atomic E-state index is -4.99. The maximum atomic E-state index is 12.4. The molecular formula is C13H16F3NO5S. The summed E-state index contributed by atoms with van der Waals surface area (Å²) < 4.78 is 78.1. The van der Waals surface area contributed by atoms with Gasteiger partial charge < -0.3 is 14.2 Å². The lowest BCUT2D eigenvalue weighted by Crippen LogP contribution is -2.34. The van der Waals surface area contributed by atoms with Gasteiger partial charge in [0.25, 0.3) is 0 Å². The van der Waals surface area contributed by atoms with Gasteiger partial charge in [0.2, 0.25) is 10.0 Å². The van der Waals surface area contributed by atoms with Crippen LogP contribution >= 0.6 is 0 Å². The van der Waals surface area contributed by atoms with E-state index in [0.29, 0.717) is 0 Å². The van der Waals surface area contributed by atoms with Crippen LogP contribution in [0.3, 0.4) is 0 Å². The second-order valence-electron chi connectivity index (χ2n) is 5.30. The molecule has 0 bridgehead atoms. The maximum Gasteiger partial charge on any atom is 0.573 e. The van der Waals surface area contributed by atoms with E-state index in [4.69, 9.17) is 9.47 Å². The van der Waals surface area contributed by atoms with Crippen molar-refractivity contribution < 1.29 is 35.8 Å². The maximum absolute atomic E-state index is 12.4. The molecule has 1 heterocycles. The van der Waals surface area contributed by atoms with E-state index < -0.39 is 38.9 Å². The molecule has 0 radical (unpaired) electrons. The Kier molecular flexibility index (Phi) is 4.90. The van der Waals surface area contributed by atoms with Gasteiger partial charge in [-0.15, -0.1) is 13.2 Å². The minimum Gasteiger partial charge on any atom is -0.404 e. The third kappa shape index (κ3) is 5.06. The lowest BCUT2D eigenvalue weighted by atomic mass is 10.3. The molecule has 1 aliphatic rings. The third-order valence-electron chi connectivity index (χ3n) is 2.93. The summed E-state index contributed by atoms with van der Waals surface area (Å²) in [4.78, 5) is -0.601. The smallest absolute Gasteiger partial charge is 0.404 e. The molecule has 1 aromatic carbocycles. The molecule has 23 heavy (non-hydrogen) atoms. The van der Waals surface area contributed by atoms with E-state index in [2.05, 4.69) is 9.46 Å². The number of alkyl halides is 3. The van der Waals surface area contributed by atoms with E-state index in [0.717, 1.165) is 12.1 Å². The lowest BCUT2D eigenvalue weighted by molar-refractivity contribution is -0.275. The number of rotatable bonds is 5. The molecule has 1 atom stereocenters. The standard InChI is InChI=1S/C13H16F3NO5S/c1-12(2)20-8-9(21-12)7-17-23(18,19)11-6-4-3-5-10(11)22-13(14,15)16/h3-6,9,17H,7-8H2,1-2H3. The van der Waals surface area contributed by atoms with Crippen LogP contribution in [0, 0.1) is 0 Å². The molecule has 0 saturated carbocycles. The van der Waals surface area contributed by atoms with Gasteiger partial charge in [-0.2, -0.15) is 0 Å². The van der Waals surface area contributed by atoms with Crippen LogP contribution in [0.4, 0.5) is 13.2 Å². The highest BCUT2D eigenvalue weighted by atomic mass is 32.2. The fraction of sp³-hybridized carbons (Fsp3) is 0.538. The molecule has 0 aliphatic carbocycles. The molecule has 1 aromatic rings. The van der Waals surface area contributed by atoms with Gasteiger partial charge in [-0.05, 0) is 26.0 Å². The second kappa shape index (κ2) is 6.27. The zero-order valence-electron chi connectivity index (χ0n) is 12.4. The zero-order chi connectivity index (χ0) is 17.3. The SMILES string of the molecule is CC1(C)OCC(CNS(=O)(=O)c2ccccc2OC(F)(F)F)O1. The normalized spacial score (nSPS) is 21.3. The van der Waals surface area contributed by atoms with Crippen molar-refractivity contribution >= 4 is 10.0 Å². The van der Waals surface area contributed by atoms with Crippen LogP contribution in [0.2, 0.25) is 0 Å². The molecule has 2 rings (SSSR count). The van der Waals surface area contributed by atoms with E-state index in [1.54, 1.807) is 13.8 Å². The summed E-state index contributed by atoms with van der Waals surface area (Å²) in [6.45, 7) is 3.39. The van der Waals surface area contributed by atoms with Crippen LogP contribution in [0.5, 0.6) is 5.75 Å².